The fourth-order valence-corrected chi connectivity index (χ4v) is 2.19. The molecule has 1 amide bonds. The van der Waals surface area contributed by atoms with E-state index in [2.05, 4.69) is 17.4 Å². The number of carbonyl (C=O) groups excluding carboxylic acids is 1. The lowest BCUT2D eigenvalue weighted by Crippen LogP contribution is -2.40. The Balaban J connectivity index is 2.38. The van der Waals surface area contributed by atoms with Gasteiger partial charge in [0, 0.05) is 12.0 Å². The average molecular weight is 307 g/mol. The van der Waals surface area contributed by atoms with Gasteiger partial charge in [0.2, 0.25) is 0 Å². The molecule has 1 unspecified atom stereocenters. The normalized spacial score (nSPS) is 14.2. The predicted octanol–water partition coefficient (Wildman–Crippen LogP) is 3.53. The molecule has 0 aliphatic carbocycles. The fourth-order valence-electron chi connectivity index (χ4n) is 2.19. The zero-order valence-electron chi connectivity index (χ0n) is 14.2. The van der Waals surface area contributed by atoms with E-state index in [4.69, 9.17) is 4.74 Å². The molecule has 1 rings (SSSR count). The van der Waals surface area contributed by atoms with Crippen LogP contribution in [0.15, 0.2) is 30.3 Å². The van der Waals surface area contributed by atoms with Crippen molar-refractivity contribution in [2.75, 3.05) is 13.2 Å². The summed E-state index contributed by atoms with van der Waals surface area (Å²) in [6, 6.07) is 10.3. The molecule has 4 nitrogen and oxygen atoms in total. The summed E-state index contributed by atoms with van der Waals surface area (Å²) in [5.41, 5.74) is 0.460. The van der Waals surface area contributed by atoms with Gasteiger partial charge in [0.25, 0.3) is 0 Å². The molecule has 22 heavy (non-hydrogen) atoms. The van der Waals surface area contributed by atoms with Crippen LogP contribution in [0.5, 0.6) is 0 Å². The van der Waals surface area contributed by atoms with Crippen molar-refractivity contribution in [3.05, 3.63) is 35.9 Å². The zero-order chi connectivity index (χ0) is 16.6. The van der Waals surface area contributed by atoms with Crippen molar-refractivity contribution in [2.24, 2.45) is 5.41 Å². The van der Waals surface area contributed by atoms with Gasteiger partial charge in [0.15, 0.2) is 0 Å². The SMILES string of the molecule is CC(CO)(CCCc1ccccc1)CNC(=O)OC(C)(C)C. The van der Waals surface area contributed by atoms with Crippen molar-refractivity contribution < 1.29 is 14.6 Å². The maximum absolute atomic E-state index is 11.7. The van der Waals surface area contributed by atoms with E-state index in [0.717, 1.165) is 19.3 Å². The molecule has 0 heterocycles. The van der Waals surface area contributed by atoms with Crippen molar-refractivity contribution in [1.82, 2.24) is 5.32 Å². The summed E-state index contributed by atoms with van der Waals surface area (Å²) < 4.78 is 5.22. The summed E-state index contributed by atoms with van der Waals surface area (Å²) in [5.74, 6) is 0. The lowest BCUT2D eigenvalue weighted by molar-refractivity contribution is 0.0471. The molecule has 0 saturated carbocycles. The maximum Gasteiger partial charge on any atom is 0.407 e. The van der Waals surface area contributed by atoms with Crippen molar-refractivity contribution in [2.45, 2.75) is 52.6 Å². The minimum Gasteiger partial charge on any atom is -0.444 e. The number of aliphatic hydroxyl groups excluding tert-OH is 1. The van der Waals surface area contributed by atoms with Gasteiger partial charge < -0.3 is 15.2 Å². The van der Waals surface area contributed by atoms with Gasteiger partial charge in [-0.1, -0.05) is 37.3 Å². The third kappa shape index (κ3) is 7.46. The predicted molar refractivity (Wildman–Crippen MR) is 88.8 cm³/mol. The number of nitrogens with one attached hydrogen (secondary N) is 1. The third-order valence-corrected chi connectivity index (χ3v) is 3.53. The van der Waals surface area contributed by atoms with Gasteiger partial charge in [-0.15, -0.1) is 0 Å². The van der Waals surface area contributed by atoms with E-state index in [-0.39, 0.29) is 12.0 Å². The first-order valence-electron chi connectivity index (χ1n) is 7.86. The minimum atomic E-state index is -0.507. The van der Waals surface area contributed by atoms with Crippen LogP contribution in [-0.4, -0.2) is 30.0 Å². The molecular formula is C18H29NO3. The van der Waals surface area contributed by atoms with Crippen LogP contribution in [0.2, 0.25) is 0 Å². The monoisotopic (exact) mass is 307 g/mol. The summed E-state index contributed by atoms with van der Waals surface area (Å²) in [5, 5.41) is 12.4. The Morgan fingerprint density at radius 3 is 2.36 bits per heavy atom. The number of hydrogen-bond acceptors (Lipinski definition) is 3. The molecule has 124 valence electrons. The summed E-state index contributed by atoms with van der Waals surface area (Å²) in [4.78, 5) is 11.7. The van der Waals surface area contributed by atoms with Crippen molar-refractivity contribution in [3.63, 3.8) is 0 Å². The molecule has 0 bridgehead atoms. The Morgan fingerprint density at radius 1 is 1.18 bits per heavy atom. The van der Waals surface area contributed by atoms with Crippen LogP contribution in [0.4, 0.5) is 4.79 Å². The Bertz CT molecular complexity index is 453. The van der Waals surface area contributed by atoms with Gasteiger partial charge >= 0.3 is 6.09 Å². The second-order valence-corrected chi connectivity index (χ2v) is 7.16. The van der Waals surface area contributed by atoms with E-state index >= 15 is 0 Å². The summed E-state index contributed by atoms with van der Waals surface area (Å²) in [6.07, 6.45) is 2.35. The molecule has 0 saturated heterocycles. The Kier molecular flexibility index (Phi) is 6.88. The summed E-state index contributed by atoms with van der Waals surface area (Å²) >= 11 is 0. The van der Waals surface area contributed by atoms with Crippen LogP contribution in [0.25, 0.3) is 0 Å². The number of hydrogen-bond donors (Lipinski definition) is 2. The van der Waals surface area contributed by atoms with Crippen LogP contribution in [0.1, 0.15) is 46.1 Å². The fraction of sp³-hybridized carbons (Fsp3) is 0.611. The molecule has 0 spiro atoms. The molecule has 4 heteroatoms. The van der Waals surface area contributed by atoms with Crippen molar-refractivity contribution in [1.29, 1.82) is 0 Å². The molecule has 1 aromatic carbocycles. The van der Waals surface area contributed by atoms with Gasteiger partial charge in [-0.25, -0.2) is 4.79 Å². The quantitative estimate of drug-likeness (QED) is 0.810. The number of alkyl carbamates (subject to hydrolysis) is 1. The standard InChI is InChI=1S/C18H29NO3/c1-17(2,3)22-16(21)19-13-18(4,14-20)12-8-11-15-9-6-5-7-10-15/h5-7,9-10,20H,8,11-14H2,1-4H3,(H,19,21). The number of aryl methyl sites for hydroxylation is 1. The van der Waals surface area contributed by atoms with E-state index < -0.39 is 11.7 Å². The number of benzene rings is 1. The van der Waals surface area contributed by atoms with Crippen LogP contribution in [0.3, 0.4) is 0 Å². The molecule has 0 aromatic heterocycles. The van der Waals surface area contributed by atoms with Crippen LogP contribution >= 0.6 is 0 Å². The Hall–Kier alpha value is -1.55. The number of aliphatic hydroxyl groups is 1. The zero-order valence-corrected chi connectivity index (χ0v) is 14.2. The molecule has 0 fully saturated rings. The van der Waals surface area contributed by atoms with E-state index in [1.165, 1.54) is 5.56 Å². The number of rotatable bonds is 7. The molecule has 0 aliphatic heterocycles. The van der Waals surface area contributed by atoms with Crippen LogP contribution in [-0.2, 0) is 11.2 Å². The number of amides is 1. The number of ether oxygens (including phenoxy) is 1. The third-order valence-electron chi connectivity index (χ3n) is 3.53. The molecule has 0 aliphatic rings. The summed E-state index contributed by atoms with van der Waals surface area (Å²) in [6.45, 7) is 7.92. The highest BCUT2D eigenvalue weighted by molar-refractivity contribution is 5.67. The van der Waals surface area contributed by atoms with Gasteiger partial charge in [-0.05, 0) is 45.6 Å². The first-order chi connectivity index (χ1) is 10.2. The maximum atomic E-state index is 11.7. The van der Waals surface area contributed by atoms with Crippen molar-refractivity contribution in [3.8, 4) is 0 Å². The van der Waals surface area contributed by atoms with Crippen molar-refractivity contribution >= 4 is 6.09 Å². The van der Waals surface area contributed by atoms with Gasteiger partial charge in [-0.3, -0.25) is 0 Å². The highest BCUT2D eigenvalue weighted by Crippen LogP contribution is 2.23. The molecule has 1 atom stereocenters. The first-order valence-corrected chi connectivity index (χ1v) is 7.86. The smallest absolute Gasteiger partial charge is 0.407 e. The molecular weight excluding hydrogens is 278 g/mol. The average Bonchev–Trinajstić information content (AvgIpc) is 2.45. The Labute approximate surface area is 133 Å². The van der Waals surface area contributed by atoms with Gasteiger partial charge in [0.05, 0.1) is 6.61 Å². The van der Waals surface area contributed by atoms with E-state index in [1.807, 2.05) is 45.9 Å². The van der Waals surface area contributed by atoms with Gasteiger partial charge in [0.1, 0.15) is 5.60 Å². The summed E-state index contributed by atoms with van der Waals surface area (Å²) in [7, 11) is 0. The van der Waals surface area contributed by atoms with E-state index in [1.54, 1.807) is 0 Å². The van der Waals surface area contributed by atoms with Crippen LogP contribution < -0.4 is 5.32 Å². The van der Waals surface area contributed by atoms with Gasteiger partial charge in [-0.2, -0.15) is 0 Å². The number of carbonyl (C=O) groups is 1. The second kappa shape index (κ2) is 8.18. The molecule has 0 radical (unpaired) electrons. The Morgan fingerprint density at radius 2 is 1.82 bits per heavy atom. The van der Waals surface area contributed by atoms with E-state index in [0.29, 0.717) is 6.54 Å². The second-order valence-electron chi connectivity index (χ2n) is 7.16. The largest absolute Gasteiger partial charge is 0.444 e. The topological polar surface area (TPSA) is 58.6 Å². The minimum absolute atomic E-state index is 0.0393. The highest BCUT2D eigenvalue weighted by atomic mass is 16.6. The van der Waals surface area contributed by atoms with Crippen LogP contribution in [0, 0.1) is 5.41 Å². The highest BCUT2D eigenvalue weighted by Gasteiger charge is 2.25. The van der Waals surface area contributed by atoms with E-state index in [9.17, 15) is 9.90 Å². The lowest BCUT2D eigenvalue weighted by Gasteiger charge is -2.28. The molecule has 2 N–H and O–H groups in total. The lowest BCUT2D eigenvalue weighted by atomic mass is 9.85. The first kappa shape index (κ1) is 18.5. The molecule has 1 aromatic rings.